The molecule has 0 saturated heterocycles. The topological polar surface area (TPSA) is 52.0 Å². The van der Waals surface area contributed by atoms with Gasteiger partial charge in [-0.15, -0.1) is 0 Å². The van der Waals surface area contributed by atoms with Gasteiger partial charge in [0.2, 0.25) is 0 Å². The highest BCUT2D eigenvalue weighted by Gasteiger charge is 2.19. The Morgan fingerprint density at radius 3 is 2.94 bits per heavy atom. The molecule has 0 N–H and O–H groups in total. The van der Waals surface area contributed by atoms with Gasteiger partial charge in [-0.2, -0.15) is 0 Å². The maximum absolute atomic E-state index is 13.5. The third-order valence-corrected chi connectivity index (χ3v) is 3.26. The van der Waals surface area contributed by atoms with Gasteiger partial charge in [0.25, 0.3) is 5.56 Å². The Morgan fingerprint density at radius 1 is 1.44 bits per heavy atom. The predicted molar refractivity (Wildman–Crippen MR) is 64.3 cm³/mol. The summed E-state index contributed by atoms with van der Waals surface area (Å²) >= 11 is 0. The van der Waals surface area contributed by atoms with Gasteiger partial charge in [-0.3, -0.25) is 14.2 Å². The molecule has 92 valence electrons. The highest BCUT2D eigenvalue weighted by Crippen LogP contribution is 2.20. The van der Waals surface area contributed by atoms with Crippen molar-refractivity contribution in [2.75, 3.05) is 0 Å². The van der Waals surface area contributed by atoms with E-state index in [4.69, 9.17) is 0 Å². The zero-order valence-electron chi connectivity index (χ0n) is 9.86. The first-order chi connectivity index (χ1) is 8.58. The van der Waals surface area contributed by atoms with Crippen LogP contribution in [0.15, 0.2) is 16.9 Å². The average Bonchev–Trinajstić information content (AvgIpc) is 2.78. The number of aryl methyl sites for hydroxylation is 1. The van der Waals surface area contributed by atoms with Gasteiger partial charge in [-0.05, 0) is 25.5 Å². The van der Waals surface area contributed by atoms with Gasteiger partial charge in [0.1, 0.15) is 11.6 Å². The lowest BCUT2D eigenvalue weighted by molar-refractivity contribution is 0.101. The van der Waals surface area contributed by atoms with Crippen LogP contribution >= 0.6 is 0 Å². The molecule has 1 aromatic carbocycles. The van der Waals surface area contributed by atoms with E-state index < -0.39 is 5.82 Å². The molecule has 3 rings (SSSR count). The summed E-state index contributed by atoms with van der Waals surface area (Å²) in [5.74, 6) is -0.180. The first kappa shape index (κ1) is 11.1. The minimum Gasteiger partial charge on any atom is -0.296 e. The zero-order chi connectivity index (χ0) is 12.9. The number of carbonyl (C=O) groups excluding carboxylic acids is 1. The third kappa shape index (κ3) is 1.47. The highest BCUT2D eigenvalue weighted by molar-refractivity contribution is 6.05. The number of ketones is 1. The molecule has 0 bridgehead atoms. The van der Waals surface area contributed by atoms with Crippen LogP contribution in [0, 0.1) is 5.82 Å². The van der Waals surface area contributed by atoms with Gasteiger partial charge in [-0.25, -0.2) is 9.37 Å². The van der Waals surface area contributed by atoms with E-state index in [-0.39, 0.29) is 22.3 Å². The van der Waals surface area contributed by atoms with Gasteiger partial charge in [0, 0.05) is 18.5 Å². The molecule has 1 aromatic heterocycles. The number of nitrogens with zero attached hydrogens (tertiary/aromatic N) is 2. The summed E-state index contributed by atoms with van der Waals surface area (Å²) in [7, 11) is 0. The van der Waals surface area contributed by atoms with Gasteiger partial charge < -0.3 is 0 Å². The number of hydrogen-bond acceptors (Lipinski definition) is 3. The van der Waals surface area contributed by atoms with Crippen molar-refractivity contribution >= 4 is 16.7 Å². The van der Waals surface area contributed by atoms with Gasteiger partial charge in [0.15, 0.2) is 5.78 Å². The summed E-state index contributed by atoms with van der Waals surface area (Å²) in [6.45, 7) is 1.96. The van der Waals surface area contributed by atoms with E-state index in [0.717, 1.165) is 25.0 Å². The first-order valence-electron chi connectivity index (χ1n) is 5.82. The normalized spacial score (nSPS) is 13.9. The average molecular weight is 246 g/mol. The van der Waals surface area contributed by atoms with Crippen molar-refractivity contribution in [3.05, 3.63) is 39.7 Å². The summed E-state index contributed by atoms with van der Waals surface area (Å²) < 4.78 is 15.0. The number of fused-ring (bicyclic) bond motifs is 2. The number of aromatic nitrogens is 2. The maximum atomic E-state index is 13.5. The molecule has 0 radical (unpaired) electrons. The molecule has 2 heterocycles. The Hall–Kier alpha value is -2.04. The molecule has 1 aliphatic rings. The van der Waals surface area contributed by atoms with Crippen molar-refractivity contribution in [2.24, 2.45) is 0 Å². The van der Waals surface area contributed by atoms with Crippen LogP contribution in [0.1, 0.15) is 29.5 Å². The number of Topliss-reactive ketones (excluding diaryl/α,β-unsaturated/α-hetero) is 1. The second-order valence-corrected chi connectivity index (χ2v) is 4.49. The summed E-state index contributed by atoms with van der Waals surface area (Å²) in [4.78, 5) is 28.1. The van der Waals surface area contributed by atoms with Crippen LogP contribution in [0.25, 0.3) is 10.9 Å². The number of rotatable bonds is 1. The van der Waals surface area contributed by atoms with Crippen LogP contribution in [-0.2, 0) is 13.0 Å². The zero-order valence-corrected chi connectivity index (χ0v) is 9.86. The Bertz CT molecular complexity index is 734. The predicted octanol–water partition coefficient (Wildman–Crippen LogP) is 1.68. The molecule has 2 aromatic rings. The summed E-state index contributed by atoms with van der Waals surface area (Å²) in [5, 5.41) is 0.186. The third-order valence-electron chi connectivity index (χ3n) is 3.26. The van der Waals surface area contributed by atoms with Crippen LogP contribution < -0.4 is 5.56 Å². The van der Waals surface area contributed by atoms with Crippen molar-refractivity contribution in [1.82, 2.24) is 9.55 Å². The van der Waals surface area contributed by atoms with Crippen LogP contribution in [0.4, 0.5) is 4.39 Å². The molecule has 0 aliphatic carbocycles. The van der Waals surface area contributed by atoms with Crippen molar-refractivity contribution in [3.63, 3.8) is 0 Å². The molecule has 0 atom stereocenters. The molecule has 0 amide bonds. The van der Waals surface area contributed by atoms with Crippen molar-refractivity contribution in [3.8, 4) is 0 Å². The first-order valence-corrected chi connectivity index (χ1v) is 5.82. The van der Waals surface area contributed by atoms with E-state index in [9.17, 15) is 14.0 Å². The lowest BCUT2D eigenvalue weighted by Crippen LogP contribution is -2.22. The van der Waals surface area contributed by atoms with E-state index in [1.54, 1.807) is 4.57 Å². The second kappa shape index (κ2) is 3.73. The molecule has 0 fully saturated rings. The molecule has 4 nitrogen and oxygen atoms in total. The Morgan fingerprint density at radius 2 is 2.22 bits per heavy atom. The monoisotopic (exact) mass is 246 g/mol. The number of hydrogen-bond donors (Lipinski definition) is 0. The Kier molecular flexibility index (Phi) is 2.29. The minimum atomic E-state index is -0.579. The number of halogens is 1. The molecule has 0 unspecified atom stereocenters. The van der Waals surface area contributed by atoms with Crippen LogP contribution in [-0.4, -0.2) is 15.3 Å². The largest absolute Gasteiger partial charge is 0.296 e. The molecular weight excluding hydrogens is 235 g/mol. The molecule has 0 saturated carbocycles. The van der Waals surface area contributed by atoms with Crippen LogP contribution in [0.5, 0.6) is 0 Å². The fraction of sp³-hybridized carbons (Fsp3) is 0.308. The molecule has 1 aliphatic heterocycles. The number of carbonyl (C=O) groups is 1. The van der Waals surface area contributed by atoms with Crippen LogP contribution in [0.2, 0.25) is 0 Å². The van der Waals surface area contributed by atoms with E-state index >= 15 is 0 Å². The smallest absolute Gasteiger partial charge is 0.261 e. The van der Waals surface area contributed by atoms with Gasteiger partial charge in [-0.1, -0.05) is 0 Å². The van der Waals surface area contributed by atoms with E-state index in [1.165, 1.54) is 6.92 Å². The molecule has 5 heteroatoms. The second-order valence-electron chi connectivity index (χ2n) is 4.49. The standard InChI is InChI=1S/C13H11FN2O2/c1-7(17)9-5-8(14)6-10-12(9)15-11-3-2-4-16(11)13(10)18/h5-6H,2-4H2,1H3. The SMILES string of the molecule is CC(=O)c1cc(F)cc2c(=O)n3c(nc12)CCC3. The van der Waals surface area contributed by atoms with Crippen molar-refractivity contribution in [1.29, 1.82) is 0 Å². The van der Waals surface area contributed by atoms with Crippen LogP contribution in [0.3, 0.4) is 0 Å². The summed E-state index contributed by atoms with van der Waals surface area (Å²) in [6, 6.07) is 2.30. The lowest BCUT2D eigenvalue weighted by Gasteiger charge is -2.07. The Labute approximate surface area is 102 Å². The number of benzene rings is 1. The summed E-state index contributed by atoms with van der Waals surface area (Å²) in [5.41, 5.74) is 0.244. The minimum absolute atomic E-state index is 0.178. The van der Waals surface area contributed by atoms with Gasteiger partial charge >= 0.3 is 0 Å². The Balaban J connectivity index is 2.50. The lowest BCUT2D eigenvalue weighted by atomic mass is 10.1. The summed E-state index contributed by atoms with van der Waals surface area (Å²) in [6.07, 6.45) is 1.58. The van der Waals surface area contributed by atoms with E-state index in [1.807, 2.05) is 0 Å². The van der Waals surface area contributed by atoms with Crippen molar-refractivity contribution in [2.45, 2.75) is 26.3 Å². The molecule has 18 heavy (non-hydrogen) atoms. The molecular formula is C13H11FN2O2. The van der Waals surface area contributed by atoms with E-state index in [0.29, 0.717) is 17.9 Å². The van der Waals surface area contributed by atoms with Crippen molar-refractivity contribution < 1.29 is 9.18 Å². The quantitative estimate of drug-likeness (QED) is 0.719. The fourth-order valence-corrected chi connectivity index (χ4v) is 2.42. The maximum Gasteiger partial charge on any atom is 0.261 e. The molecule has 0 spiro atoms. The fourth-order valence-electron chi connectivity index (χ4n) is 2.42. The highest BCUT2D eigenvalue weighted by atomic mass is 19.1. The van der Waals surface area contributed by atoms with E-state index in [2.05, 4.69) is 4.98 Å². The van der Waals surface area contributed by atoms with Gasteiger partial charge in [0.05, 0.1) is 10.9 Å².